The van der Waals surface area contributed by atoms with E-state index in [4.69, 9.17) is 9.05 Å². The lowest BCUT2D eigenvalue weighted by atomic mass is 10.3. The van der Waals surface area contributed by atoms with Crippen LogP contribution in [0, 0.1) is 0 Å². The van der Waals surface area contributed by atoms with Crippen molar-refractivity contribution >= 4 is 13.6 Å². The minimum Gasteiger partial charge on any atom is -0.303 e. The van der Waals surface area contributed by atoms with Crippen LogP contribution in [0.2, 0.25) is 0 Å². The number of carbonyl (C=O) groups excluding carboxylic acids is 1. The molecule has 0 aliphatic rings. The maximum atomic E-state index is 11.7. The van der Waals surface area contributed by atoms with Gasteiger partial charge in [0.25, 0.3) is 0 Å². The van der Waals surface area contributed by atoms with Gasteiger partial charge in [0.2, 0.25) is 6.03 Å². The Morgan fingerprint density at radius 2 is 1.38 bits per heavy atom. The number of carbonyl (C=O) groups is 1. The average molecular weight is 250 g/mol. The van der Waals surface area contributed by atoms with Gasteiger partial charge in [-0.2, -0.15) is 0 Å². The Hall–Kier alpha value is -0.180. The summed E-state index contributed by atoms with van der Waals surface area (Å²) in [5, 5.41) is 0. The third kappa shape index (κ3) is 8.03. The summed E-state index contributed by atoms with van der Waals surface area (Å²) in [6.07, 6.45) is 5.76. The summed E-state index contributed by atoms with van der Waals surface area (Å²) in [7, 11) is -3.46. The molecule has 0 aromatic rings. The lowest BCUT2D eigenvalue weighted by molar-refractivity contribution is 0.208. The molecule has 0 rings (SSSR count). The molecule has 0 atom stereocenters. The van der Waals surface area contributed by atoms with Crippen LogP contribution in [0.4, 0.5) is 0 Å². The summed E-state index contributed by atoms with van der Waals surface area (Å²) < 4.78 is 21.7. The lowest BCUT2D eigenvalue weighted by Gasteiger charge is -2.12. The van der Waals surface area contributed by atoms with Crippen LogP contribution in [0.3, 0.4) is 0 Å². The van der Waals surface area contributed by atoms with E-state index in [0.717, 1.165) is 38.5 Å². The Labute approximate surface area is 98.2 Å². The summed E-state index contributed by atoms with van der Waals surface area (Å²) in [6.45, 7) is 4.80. The van der Waals surface area contributed by atoms with Gasteiger partial charge in [-0.1, -0.05) is 39.5 Å². The van der Waals surface area contributed by atoms with Crippen molar-refractivity contribution in [2.24, 2.45) is 0 Å². The van der Waals surface area contributed by atoms with E-state index in [1.807, 2.05) is 0 Å². The number of rotatable bonds is 11. The smallest absolute Gasteiger partial charge is 0.303 e. The zero-order chi connectivity index (χ0) is 12.3. The van der Waals surface area contributed by atoms with Gasteiger partial charge in [0, 0.05) is 0 Å². The third-order valence-corrected chi connectivity index (χ3v) is 3.51. The molecule has 0 aromatic carbocycles. The first-order chi connectivity index (χ1) is 7.68. The van der Waals surface area contributed by atoms with Crippen molar-refractivity contribution in [1.82, 2.24) is 0 Å². The largest absolute Gasteiger partial charge is 0.393 e. The summed E-state index contributed by atoms with van der Waals surface area (Å²) in [4.78, 5) is 10.6. The van der Waals surface area contributed by atoms with Gasteiger partial charge in [-0.3, -0.25) is 9.36 Å². The second kappa shape index (κ2) is 10.0. The topological polar surface area (TPSA) is 52.6 Å². The predicted octanol–water partition coefficient (Wildman–Crippen LogP) is 3.78. The highest BCUT2D eigenvalue weighted by atomic mass is 31.2. The Kier molecular flexibility index (Phi) is 9.89. The van der Waals surface area contributed by atoms with Crippen molar-refractivity contribution in [2.45, 2.75) is 52.4 Å². The summed E-state index contributed by atoms with van der Waals surface area (Å²) >= 11 is 0. The van der Waals surface area contributed by atoms with Gasteiger partial charge < -0.3 is 9.05 Å². The maximum Gasteiger partial charge on any atom is 0.393 e. The predicted molar refractivity (Wildman–Crippen MR) is 65.3 cm³/mol. The van der Waals surface area contributed by atoms with Gasteiger partial charge in [-0.25, -0.2) is 0 Å². The first-order valence-corrected chi connectivity index (χ1v) is 7.65. The first-order valence-electron chi connectivity index (χ1n) is 6.03. The summed E-state index contributed by atoms with van der Waals surface area (Å²) in [5.74, 6) is 0. The third-order valence-electron chi connectivity index (χ3n) is 2.17. The standard InChI is InChI=1S/C11H23O4P/c1-3-5-7-9-14-16(13,11-12)15-10-8-6-4-2/h11H,3-10H2,1-2H3. The van der Waals surface area contributed by atoms with Crippen LogP contribution in [-0.2, 0) is 18.4 Å². The SMILES string of the molecule is CCCCCOP(=O)(C=O)OCCCCC. The highest BCUT2D eigenvalue weighted by Crippen LogP contribution is 2.45. The van der Waals surface area contributed by atoms with Crippen LogP contribution in [-0.4, -0.2) is 19.2 Å². The Morgan fingerprint density at radius 3 is 1.69 bits per heavy atom. The fourth-order valence-corrected chi connectivity index (χ4v) is 2.15. The molecule has 0 amide bonds. The fourth-order valence-electron chi connectivity index (χ4n) is 1.19. The molecule has 0 unspecified atom stereocenters. The van der Waals surface area contributed by atoms with E-state index in [9.17, 15) is 9.36 Å². The molecule has 0 aliphatic heterocycles. The van der Waals surface area contributed by atoms with E-state index in [0.29, 0.717) is 19.2 Å². The summed E-state index contributed by atoms with van der Waals surface area (Å²) in [6, 6.07) is 0.310. The average Bonchev–Trinajstić information content (AvgIpc) is 2.31. The normalized spacial score (nSPS) is 11.6. The van der Waals surface area contributed by atoms with E-state index in [-0.39, 0.29) is 0 Å². The van der Waals surface area contributed by atoms with E-state index in [2.05, 4.69) is 13.8 Å². The lowest BCUT2D eigenvalue weighted by Crippen LogP contribution is -2.00. The molecule has 16 heavy (non-hydrogen) atoms. The van der Waals surface area contributed by atoms with Crippen molar-refractivity contribution in [3.8, 4) is 0 Å². The molecule has 0 spiro atoms. The van der Waals surface area contributed by atoms with E-state index >= 15 is 0 Å². The van der Waals surface area contributed by atoms with Crippen molar-refractivity contribution in [3.63, 3.8) is 0 Å². The molecule has 0 saturated heterocycles. The number of hydrogen-bond donors (Lipinski definition) is 0. The molecule has 0 saturated carbocycles. The fraction of sp³-hybridized carbons (Fsp3) is 0.909. The Balaban J connectivity index is 3.73. The van der Waals surface area contributed by atoms with Crippen molar-refractivity contribution in [3.05, 3.63) is 0 Å². The molecule has 0 aliphatic carbocycles. The van der Waals surface area contributed by atoms with Gasteiger partial charge in [0.05, 0.1) is 13.2 Å². The zero-order valence-corrected chi connectivity index (χ0v) is 11.2. The van der Waals surface area contributed by atoms with E-state index in [1.165, 1.54) is 0 Å². The monoisotopic (exact) mass is 250 g/mol. The Bertz CT molecular complexity index is 202. The molecular formula is C11H23O4P. The van der Waals surface area contributed by atoms with Gasteiger partial charge in [0.1, 0.15) is 0 Å². The van der Waals surface area contributed by atoms with E-state index < -0.39 is 7.60 Å². The molecule has 96 valence electrons. The van der Waals surface area contributed by atoms with Crippen molar-refractivity contribution < 1.29 is 18.4 Å². The Morgan fingerprint density at radius 1 is 0.938 bits per heavy atom. The number of unbranched alkanes of at least 4 members (excludes halogenated alkanes) is 4. The highest BCUT2D eigenvalue weighted by Gasteiger charge is 2.22. The van der Waals surface area contributed by atoms with Crippen molar-refractivity contribution in [2.75, 3.05) is 13.2 Å². The zero-order valence-electron chi connectivity index (χ0n) is 10.3. The highest BCUT2D eigenvalue weighted by molar-refractivity contribution is 7.69. The van der Waals surface area contributed by atoms with Crippen LogP contribution >= 0.6 is 7.60 Å². The molecule has 4 nitrogen and oxygen atoms in total. The first kappa shape index (κ1) is 15.8. The minimum atomic E-state index is -3.46. The van der Waals surface area contributed by atoms with Gasteiger partial charge in [0.15, 0.2) is 0 Å². The minimum absolute atomic E-state index is 0.310. The molecule has 0 fully saturated rings. The van der Waals surface area contributed by atoms with Crippen LogP contribution in [0.1, 0.15) is 52.4 Å². The van der Waals surface area contributed by atoms with Gasteiger partial charge in [-0.05, 0) is 12.8 Å². The van der Waals surface area contributed by atoms with E-state index in [1.54, 1.807) is 0 Å². The second-order valence-electron chi connectivity index (χ2n) is 3.73. The number of hydrogen-bond acceptors (Lipinski definition) is 4. The molecule has 0 aromatic heterocycles. The summed E-state index contributed by atoms with van der Waals surface area (Å²) in [5.41, 5.74) is 0. The van der Waals surface area contributed by atoms with Crippen LogP contribution < -0.4 is 0 Å². The molecule has 0 radical (unpaired) electrons. The van der Waals surface area contributed by atoms with Crippen LogP contribution in [0.5, 0.6) is 0 Å². The van der Waals surface area contributed by atoms with Crippen LogP contribution in [0.15, 0.2) is 0 Å². The molecule has 0 bridgehead atoms. The van der Waals surface area contributed by atoms with Gasteiger partial charge >= 0.3 is 7.60 Å². The molecular weight excluding hydrogens is 227 g/mol. The molecule has 0 heterocycles. The molecule has 5 heteroatoms. The van der Waals surface area contributed by atoms with Gasteiger partial charge in [-0.15, -0.1) is 0 Å². The molecule has 0 N–H and O–H groups in total. The maximum absolute atomic E-state index is 11.7. The second-order valence-corrected chi connectivity index (χ2v) is 5.53. The van der Waals surface area contributed by atoms with Crippen LogP contribution in [0.25, 0.3) is 0 Å². The quantitative estimate of drug-likeness (QED) is 0.318. The van der Waals surface area contributed by atoms with Crippen molar-refractivity contribution in [1.29, 1.82) is 0 Å².